The Morgan fingerprint density at radius 1 is 1.00 bits per heavy atom. The Balaban J connectivity index is 1.53. The van der Waals surface area contributed by atoms with Crippen LogP contribution in [0, 0.1) is 0 Å². The molecule has 4 rings (SSSR count). The van der Waals surface area contributed by atoms with Crippen molar-refractivity contribution in [2.75, 3.05) is 32.1 Å². The van der Waals surface area contributed by atoms with Gasteiger partial charge in [-0.25, -0.2) is 9.59 Å². The molecule has 3 aromatic rings. The summed E-state index contributed by atoms with van der Waals surface area (Å²) in [4.78, 5) is 44.0. The Kier molecular flexibility index (Phi) is 12.2. The molecule has 12 nitrogen and oxygen atoms in total. The molecule has 1 heterocycles. The topological polar surface area (TPSA) is 155 Å². The number of hydrogen-bond donors (Lipinski definition) is 2. The zero-order chi connectivity index (χ0) is 33.8. The minimum Gasteiger partial charge on any atom is -0.453 e. The second-order valence-electron chi connectivity index (χ2n) is 12.3. The normalized spacial score (nSPS) is 16.8. The van der Waals surface area contributed by atoms with Crippen LogP contribution in [0.1, 0.15) is 49.8 Å². The van der Waals surface area contributed by atoms with E-state index in [1.807, 2.05) is 84.9 Å². The number of rotatable bonds is 11. The highest BCUT2D eigenvalue weighted by Crippen LogP contribution is 2.30. The van der Waals surface area contributed by atoms with E-state index < -0.39 is 41.7 Å². The van der Waals surface area contributed by atoms with Gasteiger partial charge in [0.1, 0.15) is 11.6 Å². The number of alkyl carbamates (subject to hydrolysis) is 1. The van der Waals surface area contributed by atoms with Gasteiger partial charge < -0.3 is 29.7 Å². The van der Waals surface area contributed by atoms with Crippen LogP contribution in [-0.2, 0) is 25.4 Å². The van der Waals surface area contributed by atoms with E-state index in [4.69, 9.17) is 19.7 Å². The highest BCUT2D eigenvalue weighted by Gasteiger charge is 2.35. The third-order valence-electron chi connectivity index (χ3n) is 7.75. The molecule has 1 saturated heterocycles. The highest BCUT2D eigenvalue weighted by atomic mass is 16.6. The zero-order valence-corrected chi connectivity index (χ0v) is 27.2. The van der Waals surface area contributed by atoms with Crippen LogP contribution in [0.2, 0.25) is 0 Å². The Morgan fingerprint density at radius 2 is 1.62 bits per heavy atom. The van der Waals surface area contributed by atoms with E-state index in [0.29, 0.717) is 18.5 Å². The van der Waals surface area contributed by atoms with Crippen LogP contribution < -0.4 is 10.6 Å². The van der Waals surface area contributed by atoms with Crippen molar-refractivity contribution in [3.05, 3.63) is 112 Å². The molecule has 3 amide bonds. The van der Waals surface area contributed by atoms with Crippen LogP contribution in [0.3, 0.4) is 0 Å². The van der Waals surface area contributed by atoms with E-state index in [2.05, 4.69) is 20.7 Å². The standard InChI is InChI=1S/C35H42N6O6/c1-35(2,3)47-34(44)41-22-28(46-23-27(41)21-37-40-36)20-19-24-13-11-12-18-29(24)38-32(42)31(39-33(43)45-4)30(25-14-7-5-8-15-25)26-16-9-6-10-17-26/h5-18,27-28,30-31H,19-23H2,1-4H3,(H,38,42)(H,39,43)/t27-,28-,31+/m1/s1. The van der Waals surface area contributed by atoms with Gasteiger partial charge in [0.2, 0.25) is 5.91 Å². The number of nitrogens with zero attached hydrogens (tertiary/aromatic N) is 4. The second-order valence-corrected chi connectivity index (χ2v) is 12.3. The Morgan fingerprint density at radius 3 is 2.21 bits per heavy atom. The van der Waals surface area contributed by atoms with Gasteiger partial charge in [-0.1, -0.05) is 84.0 Å². The number of benzene rings is 3. The average molecular weight is 643 g/mol. The first kappa shape index (κ1) is 34.8. The van der Waals surface area contributed by atoms with E-state index in [0.717, 1.165) is 16.7 Å². The number of ether oxygens (including phenoxy) is 3. The molecule has 0 aliphatic carbocycles. The maximum absolute atomic E-state index is 14.1. The first-order valence-corrected chi connectivity index (χ1v) is 15.5. The van der Waals surface area contributed by atoms with Gasteiger partial charge in [0, 0.05) is 23.1 Å². The summed E-state index contributed by atoms with van der Waals surface area (Å²) in [5, 5.41) is 9.46. The molecule has 0 unspecified atom stereocenters. The molecule has 1 fully saturated rings. The number of nitrogens with one attached hydrogen (secondary N) is 2. The number of hydrogen-bond acceptors (Lipinski definition) is 7. The van der Waals surface area contributed by atoms with Gasteiger partial charge in [0.15, 0.2) is 0 Å². The molecule has 0 aromatic heterocycles. The lowest BCUT2D eigenvalue weighted by Crippen LogP contribution is -2.54. The predicted molar refractivity (Wildman–Crippen MR) is 178 cm³/mol. The van der Waals surface area contributed by atoms with E-state index in [1.165, 1.54) is 7.11 Å². The van der Waals surface area contributed by atoms with Crippen molar-refractivity contribution in [1.82, 2.24) is 10.2 Å². The maximum Gasteiger partial charge on any atom is 0.410 e. The third-order valence-corrected chi connectivity index (χ3v) is 7.75. The number of para-hydroxylation sites is 1. The number of carbonyl (C=O) groups excluding carboxylic acids is 3. The summed E-state index contributed by atoms with van der Waals surface area (Å²) < 4.78 is 16.6. The molecule has 1 aliphatic rings. The largest absolute Gasteiger partial charge is 0.453 e. The van der Waals surface area contributed by atoms with E-state index in [1.54, 1.807) is 25.7 Å². The van der Waals surface area contributed by atoms with Crippen LogP contribution in [0.5, 0.6) is 0 Å². The lowest BCUT2D eigenvalue weighted by molar-refractivity contribution is -0.118. The van der Waals surface area contributed by atoms with Gasteiger partial charge in [-0.15, -0.1) is 0 Å². The van der Waals surface area contributed by atoms with Crippen LogP contribution in [0.25, 0.3) is 10.4 Å². The van der Waals surface area contributed by atoms with Gasteiger partial charge in [0.05, 0.1) is 32.4 Å². The van der Waals surface area contributed by atoms with Gasteiger partial charge >= 0.3 is 12.2 Å². The fourth-order valence-electron chi connectivity index (χ4n) is 5.53. The van der Waals surface area contributed by atoms with Crippen LogP contribution in [-0.4, -0.2) is 73.6 Å². The lowest BCUT2D eigenvalue weighted by atomic mass is 9.84. The second kappa shape index (κ2) is 16.5. The SMILES string of the molecule is COC(=O)N[C@H](C(=O)Nc1ccccc1CC[C@@H]1CN(C(=O)OC(C)(C)C)[C@H](CN=[N+]=[N-])CO1)C(c1ccccc1)c1ccccc1. The summed E-state index contributed by atoms with van der Waals surface area (Å²) >= 11 is 0. The molecule has 3 aromatic carbocycles. The molecule has 1 aliphatic heterocycles. The molecule has 3 atom stereocenters. The summed E-state index contributed by atoms with van der Waals surface area (Å²) in [6.07, 6.45) is -0.464. The van der Waals surface area contributed by atoms with Gasteiger partial charge in [-0.05, 0) is 61.9 Å². The number of methoxy groups -OCH3 is 1. The number of carbonyl (C=O) groups is 3. The van der Waals surface area contributed by atoms with Gasteiger partial charge in [0.25, 0.3) is 0 Å². The molecular weight excluding hydrogens is 600 g/mol. The highest BCUT2D eigenvalue weighted by molar-refractivity contribution is 5.98. The van der Waals surface area contributed by atoms with Crippen molar-refractivity contribution < 1.29 is 28.6 Å². The minimum absolute atomic E-state index is 0.0745. The summed E-state index contributed by atoms with van der Waals surface area (Å²) in [6, 6.07) is 25.1. The number of anilines is 1. The molecule has 47 heavy (non-hydrogen) atoms. The molecule has 0 radical (unpaired) electrons. The maximum atomic E-state index is 14.1. The van der Waals surface area contributed by atoms with Crippen molar-refractivity contribution >= 4 is 23.8 Å². The fraction of sp³-hybridized carbons (Fsp3) is 0.400. The quantitative estimate of drug-likeness (QED) is 0.140. The van der Waals surface area contributed by atoms with Crippen LogP contribution in [0.4, 0.5) is 15.3 Å². The number of azide groups is 1. The first-order chi connectivity index (χ1) is 22.6. The summed E-state index contributed by atoms with van der Waals surface area (Å²) in [7, 11) is 1.26. The molecule has 12 heteroatoms. The van der Waals surface area contributed by atoms with Crippen molar-refractivity contribution in [2.24, 2.45) is 5.11 Å². The van der Waals surface area contributed by atoms with Crippen molar-refractivity contribution in [3.63, 3.8) is 0 Å². The van der Waals surface area contributed by atoms with Crippen molar-refractivity contribution in [2.45, 2.75) is 63.3 Å². The minimum atomic E-state index is -1.00. The summed E-state index contributed by atoms with van der Waals surface area (Å²) in [5.41, 5.74) is 11.3. The van der Waals surface area contributed by atoms with Crippen LogP contribution >= 0.6 is 0 Å². The van der Waals surface area contributed by atoms with E-state index in [-0.39, 0.29) is 25.8 Å². The monoisotopic (exact) mass is 642 g/mol. The zero-order valence-electron chi connectivity index (χ0n) is 27.2. The Hall–Kier alpha value is -5.06. The molecule has 0 spiro atoms. The van der Waals surface area contributed by atoms with Gasteiger partial charge in [-0.3, -0.25) is 4.79 Å². The fourth-order valence-corrected chi connectivity index (χ4v) is 5.53. The Bertz CT molecular complexity index is 1500. The molecule has 0 bridgehead atoms. The van der Waals surface area contributed by atoms with Crippen molar-refractivity contribution in [3.8, 4) is 0 Å². The summed E-state index contributed by atoms with van der Waals surface area (Å²) in [5.74, 6) is -0.914. The lowest BCUT2D eigenvalue weighted by Gasteiger charge is -2.39. The first-order valence-electron chi connectivity index (χ1n) is 15.5. The number of morpholine rings is 1. The molecule has 248 valence electrons. The summed E-state index contributed by atoms with van der Waals surface area (Å²) in [6.45, 7) is 5.92. The van der Waals surface area contributed by atoms with E-state index in [9.17, 15) is 14.4 Å². The molecule has 0 saturated carbocycles. The van der Waals surface area contributed by atoms with E-state index >= 15 is 0 Å². The van der Waals surface area contributed by atoms with Crippen molar-refractivity contribution in [1.29, 1.82) is 0 Å². The smallest absolute Gasteiger partial charge is 0.410 e. The number of amides is 3. The number of aryl methyl sites for hydroxylation is 1. The average Bonchev–Trinajstić information content (AvgIpc) is 3.07. The third kappa shape index (κ3) is 9.96. The van der Waals surface area contributed by atoms with Gasteiger partial charge in [-0.2, -0.15) is 0 Å². The Labute approximate surface area is 275 Å². The molecular formula is C35H42N6O6. The molecule has 2 N–H and O–H groups in total. The predicted octanol–water partition coefficient (Wildman–Crippen LogP) is 6.43. The van der Waals surface area contributed by atoms with Crippen LogP contribution in [0.15, 0.2) is 90.0 Å².